The normalized spacial score (nSPS) is 19.2. The third-order valence-electron chi connectivity index (χ3n) is 4.96. The molecule has 0 radical (unpaired) electrons. The van der Waals surface area contributed by atoms with E-state index in [9.17, 15) is 9.50 Å². The molecule has 1 fully saturated rings. The van der Waals surface area contributed by atoms with Crippen molar-refractivity contribution in [3.8, 4) is 11.5 Å². The Morgan fingerprint density at radius 3 is 2.56 bits per heavy atom. The number of likely N-dealkylation sites (tertiary alicyclic amines) is 1. The van der Waals surface area contributed by atoms with Crippen LogP contribution in [-0.2, 0) is 12.1 Å². The van der Waals surface area contributed by atoms with Gasteiger partial charge in [0.25, 0.3) is 0 Å². The minimum absolute atomic E-state index is 0.201. The van der Waals surface area contributed by atoms with E-state index in [1.54, 1.807) is 12.1 Å². The molecule has 0 aliphatic carbocycles. The lowest BCUT2D eigenvalue weighted by Crippen LogP contribution is -2.42. The molecule has 0 saturated carbocycles. The molecule has 1 saturated heterocycles. The van der Waals surface area contributed by atoms with Crippen LogP contribution in [0.25, 0.3) is 0 Å². The first-order chi connectivity index (χ1) is 12.0. The van der Waals surface area contributed by atoms with Gasteiger partial charge in [-0.3, -0.25) is 4.90 Å². The summed E-state index contributed by atoms with van der Waals surface area (Å²) < 4.78 is 23.8. The zero-order valence-electron chi connectivity index (χ0n) is 13.7. The van der Waals surface area contributed by atoms with Crippen molar-refractivity contribution in [2.75, 3.05) is 19.9 Å². The molecule has 1 N–H and O–H groups in total. The number of nitrogens with zero attached hydrogens (tertiary/aromatic N) is 1. The minimum atomic E-state index is -0.892. The predicted octanol–water partition coefficient (Wildman–Crippen LogP) is 3.69. The van der Waals surface area contributed by atoms with E-state index in [0.29, 0.717) is 29.4 Å². The lowest BCUT2D eigenvalue weighted by molar-refractivity contribution is -0.0277. The zero-order chi connectivity index (χ0) is 17.4. The van der Waals surface area contributed by atoms with Gasteiger partial charge in [0.1, 0.15) is 5.82 Å². The fourth-order valence-electron chi connectivity index (χ4n) is 3.50. The molecule has 0 amide bonds. The van der Waals surface area contributed by atoms with E-state index in [2.05, 4.69) is 4.90 Å². The topological polar surface area (TPSA) is 41.9 Å². The van der Waals surface area contributed by atoms with Crippen molar-refractivity contribution in [3.63, 3.8) is 0 Å². The second kappa shape index (κ2) is 6.48. The van der Waals surface area contributed by atoms with E-state index in [1.165, 1.54) is 12.1 Å². The van der Waals surface area contributed by atoms with Crippen LogP contribution in [0.5, 0.6) is 11.5 Å². The van der Waals surface area contributed by atoms with Gasteiger partial charge in [-0.15, -0.1) is 0 Å². The monoisotopic (exact) mass is 363 g/mol. The Hall–Kier alpha value is -1.82. The third kappa shape index (κ3) is 3.32. The molecule has 4 rings (SSSR count). The summed E-state index contributed by atoms with van der Waals surface area (Å²) in [6, 6.07) is 9.98. The Morgan fingerprint density at radius 2 is 1.84 bits per heavy atom. The predicted molar refractivity (Wildman–Crippen MR) is 92.4 cm³/mol. The number of fused-ring (bicyclic) bond motifs is 1. The van der Waals surface area contributed by atoms with Gasteiger partial charge in [-0.25, -0.2) is 4.39 Å². The molecule has 25 heavy (non-hydrogen) atoms. The van der Waals surface area contributed by atoms with Crippen LogP contribution >= 0.6 is 11.6 Å². The van der Waals surface area contributed by atoms with Crippen molar-refractivity contribution in [2.24, 2.45) is 0 Å². The molecular weight excluding hydrogens is 345 g/mol. The van der Waals surface area contributed by atoms with E-state index in [-0.39, 0.29) is 12.6 Å². The van der Waals surface area contributed by atoms with E-state index >= 15 is 0 Å². The van der Waals surface area contributed by atoms with Gasteiger partial charge in [0.2, 0.25) is 6.79 Å². The second-order valence-corrected chi connectivity index (χ2v) is 7.03. The van der Waals surface area contributed by atoms with E-state index < -0.39 is 5.60 Å². The van der Waals surface area contributed by atoms with Crippen molar-refractivity contribution in [1.29, 1.82) is 0 Å². The molecular formula is C19H19ClFNO3. The maximum atomic E-state index is 13.1. The van der Waals surface area contributed by atoms with E-state index in [4.69, 9.17) is 21.1 Å². The second-order valence-electron chi connectivity index (χ2n) is 6.63. The van der Waals surface area contributed by atoms with Gasteiger partial charge in [0, 0.05) is 19.6 Å². The van der Waals surface area contributed by atoms with Crippen LogP contribution in [0, 0.1) is 5.82 Å². The summed E-state index contributed by atoms with van der Waals surface area (Å²) in [6.45, 7) is 2.43. The molecule has 2 heterocycles. The molecule has 0 unspecified atom stereocenters. The molecule has 4 nitrogen and oxygen atoms in total. The quantitative estimate of drug-likeness (QED) is 0.903. The van der Waals surface area contributed by atoms with E-state index in [1.807, 2.05) is 12.1 Å². The van der Waals surface area contributed by atoms with Crippen molar-refractivity contribution < 1.29 is 19.0 Å². The van der Waals surface area contributed by atoms with Crippen LogP contribution in [0.1, 0.15) is 24.0 Å². The summed E-state index contributed by atoms with van der Waals surface area (Å²) in [6.07, 6.45) is 1.22. The van der Waals surface area contributed by atoms with Crippen LogP contribution < -0.4 is 9.47 Å². The van der Waals surface area contributed by atoms with Crippen LogP contribution in [-0.4, -0.2) is 29.9 Å². The van der Waals surface area contributed by atoms with Crippen molar-refractivity contribution >= 4 is 11.6 Å². The maximum absolute atomic E-state index is 13.1. The van der Waals surface area contributed by atoms with Crippen LogP contribution in [0.2, 0.25) is 5.02 Å². The van der Waals surface area contributed by atoms with Crippen molar-refractivity contribution in [3.05, 3.63) is 58.4 Å². The summed E-state index contributed by atoms with van der Waals surface area (Å²) in [5, 5.41) is 11.4. The molecule has 6 heteroatoms. The number of piperidine rings is 1. The van der Waals surface area contributed by atoms with Gasteiger partial charge in [-0.1, -0.05) is 23.7 Å². The molecule has 2 aromatic rings. The maximum Gasteiger partial charge on any atom is 0.231 e. The van der Waals surface area contributed by atoms with Crippen LogP contribution in [0.15, 0.2) is 36.4 Å². The van der Waals surface area contributed by atoms with Gasteiger partial charge in [-0.2, -0.15) is 0 Å². The Morgan fingerprint density at radius 1 is 1.12 bits per heavy atom. The Bertz CT molecular complexity index is 773. The largest absolute Gasteiger partial charge is 0.454 e. The molecule has 0 aromatic heterocycles. The fraction of sp³-hybridized carbons (Fsp3) is 0.368. The molecule has 0 spiro atoms. The molecule has 0 atom stereocenters. The highest BCUT2D eigenvalue weighted by Crippen LogP contribution is 2.40. The lowest BCUT2D eigenvalue weighted by atomic mass is 9.84. The summed E-state index contributed by atoms with van der Waals surface area (Å²) in [4.78, 5) is 2.27. The average molecular weight is 364 g/mol. The van der Waals surface area contributed by atoms with Gasteiger partial charge in [0.15, 0.2) is 11.5 Å². The van der Waals surface area contributed by atoms with Crippen molar-refractivity contribution in [2.45, 2.75) is 25.0 Å². The number of aliphatic hydroxyl groups is 1. The first-order valence-electron chi connectivity index (χ1n) is 8.32. The van der Waals surface area contributed by atoms with Gasteiger partial charge >= 0.3 is 0 Å². The smallest absolute Gasteiger partial charge is 0.231 e. The summed E-state index contributed by atoms with van der Waals surface area (Å²) >= 11 is 6.24. The van der Waals surface area contributed by atoms with E-state index in [0.717, 1.165) is 30.8 Å². The summed E-state index contributed by atoms with van der Waals surface area (Å²) in [7, 11) is 0. The van der Waals surface area contributed by atoms with Gasteiger partial charge < -0.3 is 14.6 Å². The molecule has 2 aliphatic rings. The highest BCUT2D eigenvalue weighted by molar-refractivity contribution is 6.32. The number of hydrogen-bond acceptors (Lipinski definition) is 4. The number of benzene rings is 2. The Kier molecular flexibility index (Phi) is 4.31. The highest BCUT2D eigenvalue weighted by Gasteiger charge is 2.34. The van der Waals surface area contributed by atoms with Crippen LogP contribution in [0.4, 0.5) is 4.39 Å². The Balaban J connectivity index is 1.42. The molecule has 0 bridgehead atoms. The summed E-state index contributed by atoms with van der Waals surface area (Å²) in [5.74, 6) is 1.00. The number of halogens is 2. The molecule has 2 aromatic carbocycles. The average Bonchev–Trinajstić information content (AvgIpc) is 3.07. The van der Waals surface area contributed by atoms with Gasteiger partial charge in [0.05, 0.1) is 10.6 Å². The fourth-order valence-corrected chi connectivity index (χ4v) is 3.79. The third-order valence-corrected chi connectivity index (χ3v) is 5.24. The molecule has 2 aliphatic heterocycles. The minimum Gasteiger partial charge on any atom is -0.454 e. The SMILES string of the molecule is OC1(c2ccc(F)cc2)CCN(Cc2cc(Cl)c3c(c2)OCO3)CC1. The number of rotatable bonds is 3. The standard InChI is InChI=1S/C19H19ClFNO3/c20-16-9-13(10-17-18(16)25-12-24-17)11-22-7-5-19(23,6-8-22)14-1-3-15(21)4-2-14/h1-4,9-10,23H,5-8,11-12H2. The summed E-state index contributed by atoms with van der Waals surface area (Å²) in [5.41, 5.74) is 0.942. The zero-order valence-corrected chi connectivity index (χ0v) is 14.4. The van der Waals surface area contributed by atoms with Crippen LogP contribution in [0.3, 0.4) is 0 Å². The first kappa shape index (κ1) is 16.6. The van der Waals surface area contributed by atoms with Gasteiger partial charge in [-0.05, 0) is 48.2 Å². The number of hydrogen-bond donors (Lipinski definition) is 1. The lowest BCUT2D eigenvalue weighted by Gasteiger charge is -2.38. The highest BCUT2D eigenvalue weighted by atomic mass is 35.5. The number of ether oxygens (including phenoxy) is 2. The molecule has 132 valence electrons. The first-order valence-corrected chi connectivity index (χ1v) is 8.70. The van der Waals surface area contributed by atoms with Crippen molar-refractivity contribution in [1.82, 2.24) is 4.90 Å². The Labute approximate surface area is 150 Å².